The molecule has 100 valence electrons. The van der Waals surface area contributed by atoms with Crippen molar-refractivity contribution in [3.05, 3.63) is 34.5 Å². The summed E-state index contributed by atoms with van der Waals surface area (Å²) in [5.41, 5.74) is 9.06. The third kappa shape index (κ3) is 2.46. The normalized spacial score (nSPS) is 13.3. The van der Waals surface area contributed by atoms with Gasteiger partial charge in [0.05, 0.1) is 11.4 Å². The van der Waals surface area contributed by atoms with Crippen molar-refractivity contribution in [1.82, 2.24) is 0 Å². The van der Waals surface area contributed by atoms with Gasteiger partial charge in [-0.15, -0.1) is 0 Å². The lowest BCUT2D eigenvalue weighted by molar-refractivity contribution is 0.172. The number of benzene rings is 1. The van der Waals surface area contributed by atoms with Crippen molar-refractivity contribution >= 4 is 22.7 Å². The van der Waals surface area contributed by atoms with Gasteiger partial charge in [0.1, 0.15) is 13.2 Å². The minimum absolute atomic E-state index is 0.580. The largest absolute Gasteiger partial charge is 0.486 e. The van der Waals surface area contributed by atoms with Crippen LogP contribution in [0, 0.1) is 0 Å². The van der Waals surface area contributed by atoms with Gasteiger partial charge in [-0.05, 0) is 22.4 Å². The molecule has 3 rings (SSSR count). The van der Waals surface area contributed by atoms with Crippen LogP contribution >= 0.6 is 11.3 Å². The van der Waals surface area contributed by atoms with Crippen LogP contribution < -0.4 is 20.1 Å². The number of nitrogens with zero attached hydrogens (tertiary/aromatic N) is 1. The van der Waals surface area contributed by atoms with Crippen molar-refractivity contribution in [2.45, 2.75) is 6.54 Å². The van der Waals surface area contributed by atoms with Crippen LogP contribution in [0.4, 0.5) is 11.4 Å². The van der Waals surface area contributed by atoms with Crippen LogP contribution in [0.1, 0.15) is 5.56 Å². The highest BCUT2D eigenvalue weighted by atomic mass is 32.1. The van der Waals surface area contributed by atoms with Crippen LogP contribution in [0.25, 0.3) is 0 Å². The Hall–Kier alpha value is -1.88. The molecule has 0 bridgehead atoms. The average molecular weight is 276 g/mol. The first kappa shape index (κ1) is 12.2. The molecule has 0 amide bonds. The lowest BCUT2D eigenvalue weighted by Gasteiger charge is -2.25. The summed E-state index contributed by atoms with van der Waals surface area (Å²) < 4.78 is 11.1. The van der Waals surface area contributed by atoms with Crippen LogP contribution in [0.5, 0.6) is 11.5 Å². The second-order valence-electron chi connectivity index (χ2n) is 4.54. The molecule has 0 unspecified atom stereocenters. The van der Waals surface area contributed by atoms with E-state index in [4.69, 9.17) is 15.2 Å². The second kappa shape index (κ2) is 5.01. The highest BCUT2D eigenvalue weighted by molar-refractivity contribution is 7.07. The Morgan fingerprint density at radius 2 is 2.00 bits per heavy atom. The maximum Gasteiger partial charge on any atom is 0.163 e. The van der Waals surface area contributed by atoms with Crippen molar-refractivity contribution in [3.8, 4) is 11.5 Å². The summed E-state index contributed by atoms with van der Waals surface area (Å²) in [4.78, 5) is 2.12. The lowest BCUT2D eigenvalue weighted by Crippen LogP contribution is -2.20. The molecule has 0 atom stereocenters. The van der Waals surface area contributed by atoms with Crippen LogP contribution in [-0.4, -0.2) is 20.3 Å². The van der Waals surface area contributed by atoms with Crippen LogP contribution in [0.15, 0.2) is 29.0 Å². The van der Waals surface area contributed by atoms with E-state index >= 15 is 0 Å². The van der Waals surface area contributed by atoms with E-state index in [0.717, 1.165) is 23.7 Å². The Morgan fingerprint density at radius 1 is 1.26 bits per heavy atom. The second-order valence-corrected chi connectivity index (χ2v) is 5.32. The third-order valence-electron chi connectivity index (χ3n) is 3.10. The molecule has 0 aliphatic carbocycles. The van der Waals surface area contributed by atoms with Gasteiger partial charge in [-0.3, -0.25) is 0 Å². The summed E-state index contributed by atoms with van der Waals surface area (Å²) in [5.74, 6) is 1.50. The molecule has 4 nitrogen and oxygen atoms in total. The number of anilines is 2. The minimum Gasteiger partial charge on any atom is -0.486 e. The number of hydrogen-bond acceptors (Lipinski definition) is 5. The fourth-order valence-corrected chi connectivity index (χ4v) is 2.83. The Morgan fingerprint density at radius 3 is 2.68 bits per heavy atom. The molecule has 0 spiro atoms. The topological polar surface area (TPSA) is 47.7 Å². The van der Waals surface area contributed by atoms with Crippen LogP contribution in [-0.2, 0) is 6.54 Å². The van der Waals surface area contributed by atoms with Gasteiger partial charge >= 0.3 is 0 Å². The molecule has 2 N–H and O–H groups in total. The summed E-state index contributed by atoms with van der Waals surface area (Å²) in [5, 5.41) is 4.22. The summed E-state index contributed by atoms with van der Waals surface area (Å²) >= 11 is 1.70. The Labute approximate surface area is 116 Å². The molecule has 2 aromatic rings. The molecule has 1 aliphatic rings. The number of hydrogen-bond donors (Lipinski definition) is 1. The summed E-state index contributed by atoms with van der Waals surface area (Å²) in [7, 11) is 2.03. The average Bonchev–Trinajstić information content (AvgIpc) is 2.90. The zero-order chi connectivity index (χ0) is 13.2. The fraction of sp³-hybridized carbons (Fsp3) is 0.286. The van der Waals surface area contributed by atoms with Crippen molar-refractivity contribution in [1.29, 1.82) is 0 Å². The molecule has 0 saturated carbocycles. The first-order valence-corrected chi connectivity index (χ1v) is 7.09. The SMILES string of the molecule is CN(Cc1ccsc1)c1cc2c(cc1N)OCCO2. The van der Waals surface area contributed by atoms with Crippen molar-refractivity contribution in [2.75, 3.05) is 30.9 Å². The van der Waals surface area contributed by atoms with Gasteiger partial charge < -0.3 is 20.1 Å². The smallest absolute Gasteiger partial charge is 0.163 e. The van der Waals surface area contributed by atoms with Gasteiger partial charge in [0.2, 0.25) is 0 Å². The zero-order valence-corrected chi connectivity index (χ0v) is 11.6. The Bertz CT molecular complexity index is 569. The molecule has 2 heterocycles. The molecular formula is C14H16N2O2S. The van der Waals surface area contributed by atoms with Gasteiger partial charge in [0.25, 0.3) is 0 Å². The number of fused-ring (bicyclic) bond motifs is 1. The number of nitrogens with two attached hydrogens (primary N) is 1. The van der Waals surface area contributed by atoms with E-state index in [0.29, 0.717) is 18.9 Å². The maximum absolute atomic E-state index is 6.10. The molecule has 1 aliphatic heterocycles. The van der Waals surface area contributed by atoms with Gasteiger partial charge in [0.15, 0.2) is 11.5 Å². The van der Waals surface area contributed by atoms with E-state index < -0.39 is 0 Å². The van der Waals surface area contributed by atoms with Crippen molar-refractivity contribution < 1.29 is 9.47 Å². The minimum atomic E-state index is 0.580. The van der Waals surface area contributed by atoms with Gasteiger partial charge in [-0.1, -0.05) is 0 Å². The molecule has 0 saturated heterocycles. The predicted octanol–water partition coefficient (Wildman–Crippen LogP) is 2.74. The van der Waals surface area contributed by atoms with Gasteiger partial charge in [-0.25, -0.2) is 0 Å². The third-order valence-corrected chi connectivity index (χ3v) is 3.83. The molecule has 0 fully saturated rings. The number of nitrogen functional groups attached to an aromatic ring is 1. The summed E-state index contributed by atoms with van der Waals surface area (Å²) in [6.45, 7) is 1.99. The quantitative estimate of drug-likeness (QED) is 0.876. The highest BCUT2D eigenvalue weighted by Crippen LogP contribution is 2.38. The predicted molar refractivity (Wildman–Crippen MR) is 78.3 cm³/mol. The Kier molecular flexibility index (Phi) is 3.21. The number of ether oxygens (including phenoxy) is 2. The lowest BCUT2D eigenvalue weighted by atomic mass is 10.2. The highest BCUT2D eigenvalue weighted by Gasteiger charge is 2.16. The monoisotopic (exact) mass is 276 g/mol. The van der Waals surface area contributed by atoms with E-state index in [9.17, 15) is 0 Å². The fourth-order valence-electron chi connectivity index (χ4n) is 2.17. The molecule has 1 aromatic carbocycles. The molecular weight excluding hydrogens is 260 g/mol. The van der Waals surface area contributed by atoms with Crippen molar-refractivity contribution in [2.24, 2.45) is 0 Å². The van der Waals surface area contributed by atoms with E-state index in [1.165, 1.54) is 5.56 Å². The summed E-state index contributed by atoms with van der Waals surface area (Å²) in [6, 6.07) is 5.92. The van der Waals surface area contributed by atoms with E-state index in [1.807, 2.05) is 19.2 Å². The molecule has 19 heavy (non-hydrogen) atoms. The standard InChI is InChI=1S/C14H16N2O2S/c1-16(8-10-2-5-19-9-10)12-7-14-13(6-11(12)15)17-3-4-18-14/h2,5-7,9H,3-4,8,15H2,1H3. The first-order chi connectivity index (χ1) is 9.24. The zero-order valence-electron chi connectivity index (χ0n) is 10.8. The first-order valence-electron chi connectivity index (χ1n) is 6.15. The van der Waals surface area contributed by atoms with Crippen LogP contribution in [0.2, 0.25) is 0 Å². The molecule has 5 heteroatoms. The van der Waals surface area contributed by atoms with E-state index in [2.05, 4.69) is 21.7 Å². The van der Waals surface area contributed by atoms with Crippen molar-refractivity contribution in [3.63, 3.8) is 0 Å². The maximum atomic E-state index is 6.10. The van der Waals surface area contributed by atoms with E-state index in [-0.39, 0.29) is 0 Å². The Balaban J connectivity index is 1.87. The number of thiophene rings is 1. The van der Waals surface area contributed by atoms with E-state index in [1.54, 1.807) is 11.3 Å². The number of rotatable bonds is 3. The summed E-state index contributed by atoms with van der Waals surface area (Å²) in [6.07, 6.45) is 0. The van der Waals surface area contributed by atoms with Crippen LogP contribution in [0.3, 0.4) is 0 Å². The molecule has 1 aromatic heterocycles. The molecule has 0 radical (unpaired) electrons. The van der Waals surface area contributed by atoms with Gasteiger partial charge in [-0.2, -0.15) is 11.3 Å². The van der Waals surface area contributed by atoms with Gasteiger partial charge in [0, 0.05) is 25.7 Å².